The number of aryl methyl sites for hydroxylation is 2. The summed E-state index contributed by atoms with van der Waals surface area (Å²) in [5.74, 6) is -0.858. The summed E-state index contributed by atoms with van der Waals surface area (Å²) >= 11 is 3.28. The van der Waals surface area contributed by atoms with Gasteiger partial charge in [0.15, 0.2) is 5.78 Å². The van der Waals surface area contributed by atoms with Crippen molar-refractivity contribution in [3.8, 4) is 0 Å². The van der Waals surface area contributed by atoms with Gasteiger partial charge >= 0.3 is 5.97 Å². The van der Waals surface area contributed by atoms with E-state index in [1.54, 1.807) is 6.92 Å². The van der Waals surface area contributed by atoms with E-state index in [2.05, 4.69) is 20.9 Å². The molecular weight excluding hydrogens is 360 g/mol. The highest BCUT2D eigenvalue weighted by molar-refractivity contribution is 9.10. The highest BCUT2D eigenvalue weighted by Gasteiger charge is 2.17. The maximum atomic E-state index is 11.8. The molecule has 0 fully saturated rings. The zero-order valence-corrected chi connectivity index (χ0v) is 17.1. The van der Waals surface area contributed by atoms with E-state index in [0.717, 1.165) is 11.3 Å². The summed E-state index contributed by atoms with van der Waals surface area (Å²) in [4.78, 5) is 29.2. The number of hydrogen-bond donors (Lipinski definition) is 0. The summed E-state index contributed by atoms with van der Waals surface area (Å²) in [6, 6.07) is 1.82. The molecule has 0 aliphatic heterocycles. The molecule has 0 aliphatic carbocycles. The summed E-state index contributed by atoms with van der Waals surface area (Å²) < 4.78 is 5.33. The van der Waals surface area contributed by atoms with E-state index < -0.39 is 5.97 Å². The summed E-state index contributed by atoms with van der Waals surface area (Å²) in [6.45, 7) is 9.70. The highest BCUT2D eigenvalue weighted by Crippen LogP contribution is 2.19. The van der Waals surface area contributed by atoms with Gasteiger partial charge in [0.2, 0.25) is 0 Å². The average molecular weight is 389 g/mol. The van der Waals surface area contributed by atoms with Crippen LogP contribution in [0.1, 0.15) is 48.9 Å². The molecule has 6 heteroatoms. The molecule has 0 saturated carbocycles. The van der Waals surface area contributed by atoms with Crippen LogP contribution in [0.2, 0.25) is 0 Å². The van der Waals surface area contributed by atoms with E-state index in [1.165, 1.54) is 0 Å². The third kappa shape index (κ3) is 11.0. The Balaban J connectivity index is 0. The van der Waals surface area contributed by atoms with E-state index in [0.29, 0.717) is 4.47 Å². The number of carbonyl (C=O) groups is 2. The maximum Gasteiger partial charge on any atom is 0.313 e. The van der Waals surface area contributed by atoms with Crippen molar-refractivity contribution < 1.29 is 14.3 Å². The van der Waals surface area contributed by atoms with Crippen LogP contribution in [0, 0.1) is 13.8 Å². The maximum absolute atomic E-state index is 11.8. The Morgan fingerprint density at radius 3 is 2.13 bits per heavy atom. The van der Waals surface area contributed by atoms with Gasteiger partial charge in [0.05, 0.1) is 6.61 Å². The number of rotatable bonds is 4. The van der Waals surface area contributed by atoms with Crippen LogP contribution in [0.15, 0.2) is 10.5 Å². The second-order valence-electron chi connectivity index (χ2n) is 4.97. The van der Waals surface area contributed by atoms with Gasteiger partial charge in [-0.1, -0.05) is 13.8 Å². The van der Waals surface area contributed by atoms with Crippen molar-refractivity contribution in [2.45, 2.75) is 41.0 Å². The van der Waals surface area contributed by atoms with E-state index in [-0.39, 0.29) is 24.5 Å². The lowest BCUT2D eigenvalue weighted by Gasteiger charge is -2.06. The molecule has 1 heterocycles. The monoisotopic (exact) mass is 388 g/mol. The first-order chi connectivity index (χ1) is 10.7. The summed E-state index contributed by atoms with van der Waals surface area (Å²) in [5.41, 5.74) is 2.05. The highest BCUT2D eigenvalue weighted by atomic mass is 79.9. The van der Waals surface area contributed by atoms with Crippen molar-refractivity contribution in [3.05, 3.63) is 27.5 Å². The molecule has 0 atom stereocenters. The second kappa shape index (κ2) is 13.2. The zero-order chi connectivity index (χ0) is 18.6. The van der Waals surface area contributed by atoms with E-state index in [1.807, 2.05) is 59.8 Å². The second-order valence-corrected chi connectivity index (χ2v) is 5.82. The molecule has 132 valence electrons. The molecule has 0 aromatic carbocycles. The largest absolute Gasteiger partial charge is 0.466 e. The molecule has 0 bridgehead atoms. The van der Waals surface area contributed by atoms with Gasteiger partial charge in [-0.2, -0.15) is 0 Å². The van der Waals surface area contributed by atoms with Gasteiger partial charge in [-0.05, 0) is 69.5 Å². The van der Waals surface area contributed by atoms with Crippen LogP contribution in [0.25, 0.3) is 0 Å². The predicted molar refractivity (Wildman–Crippen MR) is 98.0 cm³/mol. The van der Waals surface area contributed by atoms with Gasteiger partial charge in [0.1, 0.15) is 12.1 Å². The van der Waals surface area contributed by atoms with Gasteiger partial charge in [0, 0.05) is 10.2 Å². The van der Waals surface area contributed by atoms with Crippen LogP contribution in [-0.4, -0.2) is 49.4 Å². The molecule has 5 nitrogen and oxygen atoms in total. The molecule has 0 saturated heterocycles. The van der Waals surface area contributed by atoms with Crippen LogP contribution in [0.3, 0.4) is 0 Å². The lowest BCUT2D eigenvalue weighted by molar-refractivity contribution is -0.141. The number of ether oxygens (including phenoxy) is 1. The van der Waals surface area contributed by atoms with Crippen LogP contribution < -0.4 is 0 Å². The quantitative estimate of drug-likeness (QED) is 0.445. The van der Waals surface area contributed by atoms with Crippen molar-refractivity contribution in [2.24, 2.45) is 0 Å². The number of halogens is 1. The number of hydrogen-bond acceptors (Lipinski definition) is 5. The Morgan fingerprint density at radius 2 is 1.70 bits per heavy atom. The molecule has 0 amide bonds. The van der Waals surface area contributed by atoms with Crippen LogP contribution in [0.5, 0.6) is 0 Å². The Kier molecular flexibility index (Phi) is 13.8. The Hall–Kier alpha value is -1.27. The zero-order valence-electron chi connectivity index (χ0n) is 15.5. The lowest BCUT2D eigenvalue weighted by atomic mass is 10.1. The number of carbonyl (C=O) groups excluding carboxylic acids is 2. The number of aromatic nitrogens is 1. The van der Waals surface area contributed by atoms with E-state index in [9.17, 15) is 9.59 Å². The molecule has 0 aliphatic rings. The average Bonchev–Trinajstić information content (AvgIpc) is 2.44. The van der Waals surface area contributed by atoms with Crippen LogP contribution in [0.4, 0.5) is 0 Å². The fourth-order valence-corrected chi connectivity index (χ4v) is 1.95. The molecule has 1 aromatic heterocycles. The molecule has 1 rings (SSSR count). The van der Waals surface area contributed by atoms with Gasteiger partial charge < -0.3 is 9.64 Å². The van der Waals surface area contributed by atoms with E-state index in [4.69, 9.17) is 4.74 Å². The standard InChI is InChI=1S/C12H14BrNO3.C3H9N.C2H6/c1-4-17-11(16)6-10(15)12-9(13)5-7(2)8(3)14-12;1-4(2)3;1-2/h5H,4,6H2,1-3H3;1-3H3;1-2H3. The first-order valence-electron chi connectivity index (χ1n) is 7.62. The normalized spacial score (nSPS) is 9.30. The molecule has 23 heavy (non-hydrogen) atoms. The molecular formula is C17H29BrN2O3. The summed E-state index contributed by atoms with van der Waals surface area (Å²) in [7, 11) is 6.00. The minimum absolute atomic E-state index is 0.271. The minimum Gasteiger partial charge on any atom is -0.466 e. The number of esters is 1. The van der Waals surface area contributed by atoms with Crippen molar-refractivity contribution in [3.63, 3.8) is 0 Å². The SMILES string of the molecule is CC.CCOC(=O)CC(=O)c1nc(C)c(C)cc1Br.CN(C)C. The number of Topliss-reactive ketones (excluding diaryl/α,β-unsaturated/α-hetero) is 1. The summed E-state index contributed by atoms with van der Waals surface area (Å²) in [5, 5.41) is 0. The van der Waals surface area contributed by atoms with Crippen molar-refractivity contribution in [2.75, 3.05) is 27.7 Å². The van der Waals surface area contributed by atoms with Gasteiger partial charge in [-0.3, -0.25) is 9.59 Å². The first-order valence-corrected chi connectivity index (χ1v) is 8.41. The van der Waals surface area contributed by atoms with Gasteiger partial charge in [-0.15, -0.1) is 0 Å². The number of nitrogens with zero attached hydrogens (tertiary/aromatic N) is 2. The van der Waals surface area contributed by atoms with Crippen molar-refractivity contribution in [1.29, 1.82) is 0 Å². The molecule has 0 unspecified atom stereocenters. The lowest BCUT2D eigenvalue weighted by Crippen LogP contribution is -2.13. The number of pyridine rings is 1. The molecule has 1 aromatic rings. The predicted octanol–water partition coefficient (Wildman–Crippen LogP) is 3.80. The van der Waals surface area contributed by atoms with Gasteiger partial charge in [0.25, 0.3) is 0 Å². The van der Waals surface area contributed by atoms with Crippen LogP contribution >= 0.6 is 15.9 Å². The molecule has 0 radical (unpaired) electrons. The molecule has 0 spiro atoms. The van der Waals surface area contributed by atoms with Gasteiger partial charge in [-0.25, -0.2) is 4.98 Å². The minimum atomic E-state index is -0.524. The number of ketones is 1. The Bertz CT molecular complexity index is 500. The smallest absolute Gasteiger partial charge is 0.313 e. The Labute approximate surface area is 148 Å². The van der Waals surface area contributed by atoms with Crippen molar-refractivity contribution >= 4 is 27.7 Å². The fraction of sp³-hybridized carbons (Fsp3) is 0.588. The summed E-state index contributed by atoms with van der Waals surface area (Å²) in [6.07, 6.45) is -0.276. The van der Waals surface area contributed by atoms with Crippen molar-refractivity contribution in [1.82, 2.24) is 9.88 Å². The topological polar surface area (TPSA) is 59.5 Å². The van der Waals surface area contributed by atoms with E-state index >= 15 is 0 Å². The van der Waals surface area contributed by atoms with Crippen LogP contribution in [-0.2, 0) is 9.53 Å². The Morgan fingerprint density at radius 1 is 1.22 bits per heavy atom. The third-order valence-electron chi connectivity index (χ3n) is 2.29. The molecule has 0 N–H and O–H groups in total. The fourth-order valence-electron chi connectivity index (χ4n) is 1.29. The third-order valence-corrected chi connectivity index (χ3v) is 2.90. The first kappa shape index (κ1) is 24.0.